The van der Waals surface area contributed by atoms with Crippen molar-refractivity contribution in [2.45, 2.75) is 6.92 Å². The molecule has 0 saturated carbocycles. The minimum absolute atomic E-state index is 0.107. The number of nitrogens with zero attached hydrogens (tertiary/aromatic N) is 2. The Hall–Kier alpha value is -1.49. The highest BCUT2D eigenvalue weighted by Crippen LogP contribution is 2.26. The molecule has 0 bridgehead atoms. The van der Waals surface area contributed by atoms with Crippen LogP contribution in [0.5, 0.6) is 0 Å². The van der Waals surface area contributed by atoms with Gasteiger partial charge < -0.3 is 0 Å². The van der Waals surface area contributed by atoms with Crippen LogP contribution in [0.1, 0.15) is 5.56 Å². The molecule has 1 aromatic carbocycles. The number of nitro groups is 1. The van der Waals surface area contributed by atoms with Gasteiger partial charge in [-0.25, -0.2) is 4.98 Å². The number of aryl methyl sites for hydroxylation is 1. The lowest BCUT2D eigenvalue weighted by molar-refractivity contribution is -0.384. The highest BCUT2D eigenvalue weighted by Gasteiger charge is 2.10. The average molecular weight is 194 g/mol. The number of fused-ring (bicyclic) bond motifs is 1. The molecule has 1 aromatic heterocycles. The summed E-state index contributed by atoms with van der Waals surface area (Å²) in [5.41, 5.74) is 3.42. The minimum atomic E-state index is -0.397. The fourth-order valence-corrected chi connectivity index (χ4v) is 1.98. The van der Waals surface area contributed by atoms with E-state index in [1.807, 2.05) is 6.92 Å². The van der Waals surface area contributed by atoms with Crippen LogP contribution in [0.2, 0.25) is 0 Å². The third-order valence-electron chi connectivity index (χ3n) is 1.81. The van der Waals surface area contributed by atoms with Crippen molar-refractivity contribution in [1.29, 1.82) is 0 Å². The third kappa shape index (κ3) is 1.27. The number of thiazole rings is 1. The van der Waals surface area contributed by atoms with Gasteiger partial charge in [0.2, 0.25) is 0 Å². The molecular formula is C8H6N2O2S. The predicted molar refractivity (Wildman–Crippen MR) is 51.0 cm³/mol. The summed E-state index contributed by atoms with van der Waals surface area (Å²) in [4.78, 5) is 14.1. The summed E-state index contributed by atoms with van der Waals surface area (Å²) in [6.45, 7) is 1.85. The van der Waals surface area contributed by atoms with Crippen LogP contribution in [0.4, 0.5) is 5.69 Å². The van der Waals surface area contributed by atoms with Gasteiger partial charge in [-0.05, 0) is 12.5 Å². The van der Waals surface area contributed by atoms with Crippen LogP contribution in [0.25, 0.3) is 10.2 Å². The number of hydrogen-bond donors (Lipinski definition) is 0. The van der Waals surface area contributed by atoms with Crippen molar-refractivity contribution in [2.24, 2.45) is 0 Å². The van der Waals surface area contributed by atoms with Crippen molar-refractivity contribution in [3.05, 3.63) is 33.3 Å². The number of benzene rings is 1. The molecule has 5 heteroatoms. The third-order valence-corrected chi connectivity index (χ3v) is 2.79. The Kier molecular flexibility index (Phi) is 1.73. The molecule has 2 aromatic rings. The Morgan fingerprint density at radius 3 is 3.00 bits per heavy atom. The molecule has 4 nitrogen and oxygen atoms in total. The molecule has 0 unspecified atom stereocenters. The monoisotopic (exact) mass is 194 g/mol. The normalized spacial score (nSPS) is 10.5. The van der Waals surface area contributed by atoms with E-state index < -0.39 is 4.92 Å². The summed E-state index contributed by atoms with van der Waals surface area (Å²) in [6.07, 6.45) is 0. The Labute approximate surface area is 78.0 Å². The molecule has 1 heterocycles. The first-order valence-corrected chi connectivity index (χ1v) is 4.54. The molecule has 0 spiro atoms. The fourth-order valence-electron chi connectivity index (χ4n) is 1.23. The zero-order chi connectivity index (χ0) is 9.42. The van der Waals surface area contributed by atoms with Crippen LogP contribution in [0.15, 0.2) is 17.6 Å². The van der Waals surface area contributed by atoms with Gasteiger partial charge in [0.25, 0.3) is 5.69 Å². The van der Waals surface area contributed by atoms with Crippen molar-refractivity contribution in [3.63, 3.8) is 0 Å². The largest absolute Gasteiger partial charge is 0.271 e. The Balaban J connectivity index is 2.77. The molecule has 66 valence electrons. The summed E-state index contributed by atoms with van der Waals surface area (Å²) in [5.74, 6) is 0. The molecule has 0 atom stereocenters. The second-order valence-electron chi connectivity index (χ2n) is 2.72. The Morgan fingerprint density at radius 2 is 2.31 bits per heavy atom. The van der Waals surface area contributed by atoms with E-state index in [0.29, 0.717) is 5.52 Å². The van der Waals surface area contributed by atoms with Crippen molar-refractivity contribution in [3.8, 4) is 0 Å². The Morgan fingerprint density at radius 1 is 1.54 bits per heavy atom. The van der Waals surface area contributed by atoms with Crippen LogP contribution in [-0.2, 0) is 0 Å². The van der Waals surface area contributed by atoms with Gasteiger partial charge in [0.05, 0.1) is 20.7 Å². The zero-order valence-electron chi connectivity index (χ0n) is 6.85. The van der Waals surface area contributed by atoms with E-state index in [1.54, 1.807) is 11.6 Å². The van der Waals surface area contributed by atoms with Gasteiger partial charge in [-0.15, -0.1) is 11.3 Å². The predicted octanol–water partition coefficient (Wildman–Crippen LogP) is 2.51. The molecule has 0 amide bonds. The molecule has 0 aliphatic rings. The first-order chi connectivity index (χ1) is 6.18. The summed E-state index contributed by atoms with van der Waals surface area (Å²) >= 11 is 1.50. The number of aromatic nitrogens is 1. The number of non-ortho nitro benzene ring substituents is 1. The summed E-state index contributed by atoms with van der Waals surface area (Å²) < 4.78 is 1.02. The minimum Gasteiger partial charge on any atom is -0.258 e. The van der Waals surface area contributed by atoms with E-state index in [0.717, 1.165) is 10.3 Å². The molecule has 0 radical (unpaired) electrons. The van der Waals surface area contributed by atoms with Crippen molar-refractivity contribution < 1.29 is 4.92 Å². The molecule has 0 aliphatic heterocycles. The SMILES string of the molecule is Cc1cc([N+](=O)[O-])cc2ncsc12. The average Bonchev–Trinajstić information content (AvgIpc) is 2.51. The molecule has 13 heavy (non-hydrogen) atoms. The topological polar surface area (TPSA) is 56.0 Å². The first-order valence-electron chi connectivity index (χ1n) is 3.67. The van der Waals surface area contributed by atoms with Crippen molar-refractivity contribution >= 4 is 27.2 Å². The van der Waals surface area contributed by atoms with Gasteiger partial charge in [-0.1, -0.05) is 0 Å². The van der Waals surface area contributed by atoms with E-state index in [2.05, 4.69) is 4.98 Å². The summed E-state index contributed by atoms with van der Waals surface area (Å²) in [7, 11) is 0. The second kappa shape index (κ2) is 2.77. The van der Waals surface area contributed by atoms with E-state index in [9.17, 15) is 10.1 Å². The van der Waals surface area contributed by atoms with Gasteiger partial charge >= 0.3 is 0 Å². The summed E-state index contributed by atoms with van der Waals surface area (Å²) in [6, 6.07) is 3.07. The van der Waals surface area contributed by atoms with E-state index >= 15 is 0 Å². The maximum atomic E-state index is 10.5. The van der Waals surface area contributed by atoms with Gasteiger partial charge in [0.15, 0.2) is 0 Å². The highest BCUT2D eigenvalue weighted by molar-refractivity contribution is 7.16. The van der Waals surface area contributed by atoms with Gasteiger partial charge in [0.1, 0.15) is 0 Å². The fraction of sp³-hybridized carbons (Fsp3) is 0.125. The van der Waals surface area contributed by atoms with Crippen LogP contribution in [0, 0.1) is 17.0 Å². The zero-order valence-corrected chi connectivity index (χ0v) is 7.67. The molecule has 0 aliphatic carbocycles. The van der Waals surface area contributed by atoms with Crippen molar-refractivity contribution in [2.75, 3.05) is 0 Å². The number of nitro benzene ring substituents is 1. The van der Waals surface area contributed by atoms with Gasteiger partial charge in [0, 0.05) is 12.1 Å². The first kappa shape index (κ1) is 8.12. The molecule has 0 N–H and O–H groups in total. The lowest BCUT2D eigenvalue weighted by Gasteiger charge is -1.94. The van der Waals surface area contributed by atoms with Crippen LogP contribution in [0.3, 0.4) is 0 Å². The van der Waals surface area contributed by atoms with E-state index in [4.69, 9.17) is 0 Å². The number of rotatable bonds is 1. The molecule has 2 rings (SSSR count). The van der Waals surface area contributed by atoms with Gasteiger partial charge in [-0.3, -0.25) is 10.1 Å². The smallest absolute Gasteiger partial charge is 0.258 e. The standard InChI is InChI=1S/C8H6N2O2S/c1-5-2-6(10(11)12)3-7-8(5)13-4-9-7/h2-4H,1H3. The van der Waals surface area contributed by atoms with Gasteiger partial charge in [-0.2, -0.15) is 0 Å². The van der Waals surface area contributed by atoms with Crippen LogP contribution < -0.4 is 0 Å². The summed E-state index contributed by atoms with van der Waals surface area (Å²) in [5, 5.41) is 10.5. The maximum Gasteiger partial charge on any atom is 0.271 e. The second-order valence-corrected chi connectivity index (χ2v) is 3.58. The van der Waals surface area contributed by atoms with Crippen LogP contribution >= 0.6 is 11.3 Å². The number of hydrogen-bond acceptors (Lipinski definition) is 4. The Bertz CT molecular complexity index is 478. The van der Waals surface area contributed by atoms with Crippen LogP contribution in [-0.4, -0.2) is 9.91 Å². The van der Waals surface area contributed by atoms with E-state index in [-0.39, 0.29) is 5.69 Å². The highest BCUT2D eigenvalue weighted by atomic mass is 32.1. The maximum absolute atomic E-state index is 10.5. The molecule has 0 fully saturated rings. The molecule has 0 saturated heterocycles. The lowest BCUT2D eigenvalue weighted by atomic mass is 10.2. The molecular weight excluding hydrogens is 188 g/mol. The lowest BCUT2D eigenvalue weighted by Crippen LogP contribution is -1.88. The quantitative estimate of drug-likeness (QED) is 0.517. The van der Waals surface area contributed by atoms with Crippen molar-refractivity contribution in [1.82, 2.24) is 4.98 Å². The van der Waals surface area contributed by atoms with E-state index in [1.165, 1.54) is 17.4 Å².